The minimum atomic E-state index is -0.972. The molecule has 2 aromatic rings. The topological polar surface area (TPSA) is 84.2 Å². The summed E-state index contributed by atoms with van der Waals surface area (Å²) in [7, 11) is 1.84. The van der Waals surface area contributed by atoms with E-state index in [0.717, 1.165) is 18.5 Å². The number of anilines is 1. The zero-order valence-electron chi connectivity index (χ0n) is 16.2. The van der Waals surface area contributed by atoms with Crippen LogP contribution in [0.15, 0.2) is 30.5 Å². The number of benzene rings is 1. The molecule has 0 saturated heterocycles. The third-order valence-corrected chi connectivity index (χ3v) is 5.49. The number of rotatable bonds is 5. The van der Waals surface area contributed by atoms with Crippen LogP contribution in [0.4, 0.5) is 5.69 Å². The van der Waals surface area contributed by atoms with Gasteiger partial charge in [-0.2, -0.15) is 5.10 Å². The van der Waals surface area contributed by atoms with E-state index in [0.29, 0.717) is 22.7 Å². The van der Waals surface area contributed by atoms with Gasteiger partial charge in [0.1, 0.15) is 0 Å². The van der Waals surface area contributed by atoms with Crippen molar-refractivity contribution in [2.45, 2.75) is 57.3 Å². The second-order valence-electron chi connectivity index (χ2n) is 7.90. The second-order valence-corrected chi connectivity index (χ2v) is 7.90. The molecule has 0 aliphatic heterocycles. The summed E-state index contributed by atoms with van der Waals surface area (Å²) in [6, 6.07) is 6.98. The minimum Gasteiger partial charge on any atom is -0.481 e. The van der Waals surface area contributed by atoms with Gasteiger partial charge in [-0.25, -0.2) is 0 Å². The Morgan fingerprint density at radius 2 is 1.78 bits per heavy atom. The lowest BCUT2D eigenvalue weighted by Crippen LogP contribution is -2.28. The van der Waals surface area contributed by atoms with E-state index in [1.54, 1.807) is 49.0 Å². The molecular weight excluding hydrogens is 342 g/mol. The number of amides is 1. The number of hydrogen-bond acceptors (Lipinski definition) is 3. The molecule has 0 atom stereocenters. The predicted octanol–water partition coefficient (Wildman–Crippen LogP) is 4.08. The first kappa shape index (κ1) is 19.1. The van der Waals surface area contributed by atoms with Crippen molar-refractivity contribution in [1.82, 2.24) is 9.78 Å². The van der Waals surface area contributed by atoms with Crippen LogP contribution in [-0.2, 0) is 17.3 Å². The van der Waals surface area contributed by atoms with Gasteiger partial charge in [-0.1, -0.05) is 31.4 Å². The van der Waals surface area contributed by atoms with Gasteiger partial charge in [-0.05, 0) is 44.4 Å². The Labute approximate surface area is 159 Å². The van der Waals surface area contributed by atoms with Crippen LogP contribution in [0.25, 0.3) is 0 Å². The molecule has 27 heavy (non-hydrogen) atoms. The fourth-order valence-electron chi connectivity index (χ4n) is 3.65. The first-order chi connectivity index (χ1) is 12.8. The molecule has 6 nitrogen and oxygen atoms in total. The van der Waals surface area contributed by atoms with Crippen molar-refractivity contribution in [3.8, 4) is 0 Å². The monoisotopic (exact) mass is 369 g/mol. The highest BCUT2D eigenvalue weighted by Crippen LogP contribution is 2.33. The lowest BCUT2D eigenvalue weighted by molar-refractivity contribution is -0.142. The fourth-order valence-corrected chi connectivity index (χ4v) is 3.65. The maximum Gasteiger partial charge on any atom is 0.313 e. The van der Waals surface area contributed by atoms with Gasteiger partial charge >= 0.3 is 5.97 Å². The maximum absolute atomic E-state index is 12.8. The van der Waals surface area contributed by atoms with E-state index >= 15 is 0 Å². The lowest BCUT2D eigenvalue weighted by Gasteiger charge is -2.21. The van der Waals surface area contributed by atoms with E-state index < -0.39 is 11.4 Å². The number of aryl methyl sites for hydroxylation is 1. The number of nitrogens with one attached hydrogen (secondary N) is 1. The zero-order chi connectivity index (χ0) is 19.6. The molecule has 0 radical (unpaired) electrons. The summed E-state index contributed by atoms with van der Waals surface area (Å²) in [6.45, 7) is 3.32. The number of carboxylic acids is 1. The van der Waals surface area contributed by atoms with E-state index in [1.165, 1.54) is 19.3 Å². The van der Waals surface area contributed by atoms with Gasteiger partial charge in [0.25, 0.3) is 5.91 Å². The molecule has 1 aromatic heterocycles. The number of carbonyl (C=O) groups is 2. The van der Waals surface area contributed by atoms with Crippen LogP contribution in [0.5, 0.6) is 0 Å². The number of nitrogens with zero attached hydrogens (tertiary/aromatic N) is 2. The highest BCUT2D eigenvalue weighted by molar-refractivity contribution is 6.05. The molecule has 1 aliphatic rings. The van der Waals surface area contributed by atoms with Crippen LogP contribution >= 0.6 is 0 Å². The van der Waals surface area contributed by atoms with Crippen LogP contribution in [0.3, 0.4) is 0 Å². The van der Waals surface area contributed by atoms with E-state index in [-0.39, 0.29) is 5.91 Å². The molecule has 1 aliphatic carbocycles. The summed E-state index contributed by atoms with van der Waals surface area (Å²) >= 11 is 0. The molecule has 1 fully saturated rings. The van der Waals surface area contributed by atoms with Gasteiger partial charge in [-0.15, -0.1) is 0 Å². The van der Waals surface area contributed by atoms with Crippen LogP contribution in [0.2, 0.25) is 0 Å². The average molecular weight is 369 g/mol. The summed E-state index contributed by atoms with van der Waals surface area (Å²) in [5.41, 5.74) is 1.87. The standard InChI is InChI=1S/C21H27N3O3/c1-21(2,20(26)27)15-9-11-16(12-10-15)22-19(25)17-13-24(3)23-18(17)14-7-5-4-6-8-14/h9-14H,4-8H2,1-3H3,(H,22,25)(H,26,27). The molecule has 1 heterocycles. The van der Waals surface area contributed by atoms with E-state index in [1.807, 2.05) is 7.05 Å². The molecule has 0 spiro atoms. The number of carbonyl (C=O) groups excluding carboxylic acids is 1. The van der Waals surface area contributed by atoms with Crippen LogP contribution < -0.4 is 5.32 Å². The van der Waals surface area contributed by atoms with Crippen molar-refractivity contribution < 1.29 is 14.7 Å². The Morgan fingerprint density at radius 3 is 2.37 bits per heavy atom. The Bertz CT molecular complexity index is 831. The zero-order valence-corrected chi connectivity index (χ0v) is 16.2. The smallest absolute Gasteiger partial charge is 0.313 e. The van der Waals surface area contributed by atoms with Crippen molar-refractivity contribution in [3.05, 3.63) is 47.3 Å². The normalized spacial score (nSPS) is 15.5. The lowest BCUT2D eigenvalue weighted by atomic mass is 9.85. The highest BCUT2D eigenvalue weighted by Gasteiger charge is 2.29. The Kier molecular flexibility index (Phi) is 5.35. The molecule has 2 N–H and O–H groups in total. The molecule has 6 heteroatoms. The predicted molar refractivity (Wildman–Crippen MR) is 104 cm³/mol. The molecule has 3 rings (SSSR count). The van der Waals surface area contributed by atoms with Crippen LogP contribution in [-0.4, -0.2) is 26.8 Å². The van der Waals surface area contributed by atoms with Crippen molar-refractivity contribution in [2.24, 2.45) is 7.05 Å². The van der Waals surface area contributed by atoms with Crippen LogP contribution in [0.1, 0.15) is 73.5 Å². The van der Waals surface area contributed by atoms with E-state index in [9.17, 15) is 14.7 Å². The first-order valence-corrected chi connectivity index (χ1v) is 9.48. The Morgan fingerprint density at radius 1 is 1.15 bits per heavy atom. The summed E-state index contributed by atoms with van der Waals surface area (Å²) in [6.07, 6.45) is 7.56. The van der Waals surface area contributed by atoms with Gasteiger partial charge < -0.3 is 10.4 Å². The summed E-state index contributed by atoms with van der Waals surface area (Å²) in [4.78, 5) is 24.2. The van der Waals surface area contributed by atoms with E-state index in [4.69, 9.17) is 0 Å². The largest absolute Gasteiger partial charge is 0.481 e. The van der Waals surface area contributed by atoms with E-state index in [2.05, 4.69) is 10.4 Å². The second kappa shape index (κ2) is 7.55. The van der Waals surface area contributed by atoms with Crippen molar-refractivity contribution in [3.63, 3.8) is 0 Å². The quantitative estimate of drug-likeness (QED) is 0.832. The molecule has 0 bridgehead atoms. The molecular formula is C21H27N3O3. The van der Waals surface area contributed by atoms with Crippen molar-refractivity contribution in [1.29, 1.82) is 0 Å². The SMILES string of the molecule is Cn1cc(C(=O)Nc2ccc(C(C)(C)C(=O)O)cc2)c(C2CCCCC2)n1. The Balaban J connectivity index is 1.77. The molecule has 144 valence electrons. The highest BCUT2D eigenvalue weighted by atomic mass is 16.4. The van der Waals surface area contributed by atoms with Gasteiger partial charge in [0.15, 0.2) is 0 Å². The number of aromatic nitrogens is 2. The molecule has 1 amide bonds. The van der Waals surface area contributed by atoms with Gasteiger partial charge in [0, 0.05) is 24.8 Å². The molecule has 1 aromatic carbocycles. The summed E-state index contributed by atoms with van der Waals surface area (Å²) < 4.78 is 1.71. The number of carboxylic acid groups (broad SMARTS) is 1. The van der Waals surface area contributed by atoms with Gasteiger partial charge in [-0.3, -0.25) is 14.3 Å². The minimum absolute atomic E-state index is 0.172. The third kappa shape index (κ3) is 4.04. The Hall–Kier alpha value is -2.63. The van der Waals surface area contributed by atoms with Gasteiger partial charge in [0.05, 0.1) is 16.7 Å². The maximum atomic E-state index is 12.8. The summed E-state index contributed by atoms with van der Waals surface area (Å²) in [5.74, 6) is -0.708. The average Bonchev–Trinajstić information content (AvgIpc) is 3.05. The van der Waals surface area contributed by atoms with Crippen molar-refractivity contribution in [2.75, 3.05) is 5.32 Å². The number of hydrogen-bond donors (Lipinski definition) is 2. The third-order valence-electron chi connectivity index (χ3n) is 5.49. The summed E-state index contributed by atoms with van der Waals surface area (Å²) in [5, 5.41) is 16.8. The number of aliphatic carboxylic acids is 1. The van der Waals surface area contributed by atoms with Crippen LogP contribution in [0, 0.1) is 0 Å². The van der Waals surface area contributed by atoms with Gasteiger partial charge in [0.2, 0.25) is 0 Å². The molecule has 1 saturated carbocycles. The van der Waals surface area contributed by atoms with Crippen molar-refractivity contribution >= 4 is 17.6 Å². The first-order valence-electron chi connectivity index (χ1n) is 9.48. The fraction of sp³-hybridized carbons (Fsp3) is 0.476. The molecule has 0 unspecified atom stereocenters.